The Labute approximate surface area is 83.1 Å². The molecule has 0 aliphatic heterocycles. The molecule has 1 aromatic heterocycles. The first-order valence-corrected chi connectivity index (χ1v) is 4.37. The molecule has 0 unspecified atom stereocenters. The van der Waals surface area contributed by atoms with E-state index in [0.717, 1.165) is 0 Å². The zero-order valence-electron chi connectivity index (χ0n) is 6.96. The van der Waals surface area contributed by atoms with Crippen molar-refractivity contribution in [3.8, 4) is 0 Å². The Balaban J connectivity index is 2.96. The van der Waals surface area contributed by atoms with Crippen LogP contribution in [-0.4, -0.2) is 18.1 Å². The van der Waals surface area contributed by atoms with Crippen LogP contribution < -0.4 is 5.56 Å². The number of aromatic amines is 1. The number of esters is 1. The molecular formula is C8H8BrNO3. The van der Waals surface area contributed by atoms with E-state index in [2.05, 4.69) is 25.7 Å². The van der Waals surface area contributed by atoms with Crippen molar-refractivity contribution in [1.29, 1.82) is 0 Å². The number of nitrogens with one attached hydrogen (secondary N) is 1. The molecule has 0 amide bonds. The molecule has 0 aliphatic carbocycles. The summed E-state index contributed by atoms with van der Waals surface area (Å²) in [6, 6.07) is 1.66. The van der Waals surface area contributed by atoms with Crippen molar-refractivity contribution in [2.75, 3.05) is 7.11 Å². The molecule has 0 saturated heterocycles. The summed E-state index contributed by atoms with van der Waals surface area (Å²) in [6.45, 7) is 0. The number of aromatic nitrogens is 1. The fourth-order valence-electron chi connectivity index (χ4n) is 0.864. The van der Waals surface area contributed by atoms with Crippen molar-refractivity contribution in [2.24, 2.45) is 0 Å². The maximum Gasteiger partial charge on any atom is 0.310 e. The van der Waals surface area contributed by atoms with E-state index in [1.807, 2.05) is 0 Å². The number of carbonyl (C=O) groups is 1. The molecule has 13 heavy (non-hydrogen) atoms. The van der Waals surface area contributed by atoms with Crippen LogP contribution in [0.15, 0.2) is 21.5 Å². The molecule has 1 N–H and O–H groups in total. The second kappa shape index (κ2) is 4.23. The molecule has 70 valence electrons. The van der Waals surface area contributed by atoms with Crippen molar-refractivity contribution in [3.63, 3.8) is 0 Å². The normalized spacial score (nSPS) is 9.69. The highest BCUT2D eigenvalue weighted by molar-refractivity contribution is 9.10. The van der Waals surface area contributed by atoms with Crippen LogP contribution in [0.2, 0.25) is 0 Å². The molecular weight excluding hydrogens is 238 g/mol. The molecule has 0 bridgehead atoms. The molecule has 1 heterocycles. The van der Waals surface area contributed by atoms with Crippen LogP contribution in [0, 0.1) is 0 Å². The van der Waals surface area contributed by atoms with E-state index in [4.69, 9.17) is 0 Å². The van der Waals surface area contributed by atoms with Crippen molar-refractivity contribution in [2.45, 2.75) is 6.42 Å². The Hall–Kier alpha value is -1.10. The smallest absolute Gasteiger partial charge is 0.310 e. The van der Waals surface area contributed by atoms with Crippen LogP contribution in [0.25, 0.3) is 0 Å². The SMILES string of the molecule is COC(=O)Cc1cc[nH]c(=O)c1Br. The second-order valence-corrected chi connectivity index (χ2v) is 3.19. The van der Waals surface area contributed by atoms with Crippen LogP contribution in [0.4, 0.5) is 0 Å². The van der Waals surface area contributed by atoms with E-state index in [1.165, 1.54) is 13.3 Å². The predicted molar refractivity (Wildman–Crippen MR) is 50.5 cm³/mol. The molecule has 0 fully saturated rings. The highest BCUT2D eigenvalue weighted by Gasteiger charge is 2.08. The van der Waals surface area contributed by atoms with Gasteiger partial charge in [-0.25, -0.2) is 0 Å². The summed E-state index contributed by atoms with van der Waals surface area (Å²) >= 11 is 3.09. The van der Waals surface area contributed by atoms with Crippen LogP contribution >= 0.6 is 15.9 Å². The van der Waals surface area contributed by atoms with E-state index >= 15 is 0 Å². The molecule has 1 rings (SSSR count). The molecule has 0 aromatic carbocycles. The van der Waals surface area contributed by atoms with Gasteiger partial charge in [0, 0.05) is 6.20 Å². The first-order valence-electron chi connectivity index (χ1n) is 3.58. The number of methoxy groups -OCH3 is 1. The summed E-state index contributed by atoms with van der Waals surface area (Å²) in [7, 11) is 1.31. The fraction of sp³-hybridized carbons (Fsp3) is 0.250. The molecule has 0 aliphatic rings. The van der Waals surface area contributed by atoms with Gasteiger partial charge in [-0.3, -0.25) is 9.59 Å². The molecule has 0 radical (unpaired) electrons. The van der Waals surface area contributed by atoms with Crippen LogP contribution in [0.3, 0.4) is 0 Å². The average molecular weight is 246 g/mol. The number of hydrogen-bond acceptors (Lipinski definition) is 3. The van der Waals surface area contributed by atoms with Crippen molar-refractivity contribution in [1.82, 2.24) is 4.98 Å². The van der Waals surface area contributed by atoms with Crippen LogP contribution in [0.5, 0.6) is 0 Å². The minimum Gasteiger partial charge on any atom is -0.469 e. The number of halogens is 1. The number of carbonyl (C=O) groups excluding carboxylic acids is 1. The van der Waals surface area contributed by atoms with Crippen molar-refractivity contribution in [3.05, 3.63) is 32.7 Å². The minimum absolute atomic E-state index is 0.0982. The lowest BCUT2D eigenvalue weighted by Crippen LogP contribution is -2.12. The molecule has 0 spiro atoms. The van der Waals surface area contributed by atoms with Crippen LogP contribution in [-0.2, 0) is 16.0 Å². The number of ether oxygens (including phenoxy) is 1. The highest BCUT2D eigenvalue weighted by atomic mass is 79.9. The lowest BCUT2D eigenvalue weighted by molar-refractivity contribution is -0.139. The van der Waals surface area contributed by atoms with Gasteiger partial charge in [-0.05, 0) is 27.6 Å². The highest BCUT2D eigenvalue weighted by Crippen LogP contribution is 2.10. The van der Waals surface area contributed by atoms with Gasteiger partial charge in [0.1, 0.15) is 0 Å². The molecule has 5 heteroatoms. The van der Waals surface area contributed by atoms with E-state index in [0.29, 0.717) is 10.0 Å². The average Bonchev–Trinajstić information content (AvgIpc) is 2.13. The van der Waals surface area contributed by atoms with Gasteiger partial charge in [0.25, 0.3) is 5.56 Å². The summed E-state index contributed by atoms with van der Waals surface area (Å²) < 4.78 is 4.85. The Kier molecular flexibility index (Phi) is 3.25. The maximum absolute atomic E-state index is 11.1. The van der Waals surface area contributed by atoms with E-state index in [1.54, 1.807) is 6.07 Å². The zero-order chi connectivity index (χ0) is 9.84. The molecule has 1 aromatic rings. The minimum atomic E-state index is -0.369. The van der Waals surface area contributed by atoms with Gasteiger partial charge >= 0.3 is 5.97 Å². The Morgan fingerprint density at radius 1 is 1.69 bits per heavy atom. The van der Waals surface area contributed by atoms with Gasteiger partial charge < -0.3 is 9.72 Å². The second-order valence-electron chi connectivity index (χ2n) is 2.40. The lowest BCUT2D eigenvalue weighted by atomic mass is 10.2. The Morgan fingerprint density at radius 2 is 2.38 bits per heavy atom. The summed E-state index contributed by atoms with van der Waals surface area (Å²) in [4.78, 5) is 24.4. The van der Waals surface area contributed by atoms with Gasteiger partial charge in [0.2, 0.25) is 0 Å². The lowest BCUT2D eigenvalue weighted by Gasteiger charge is -2.00. The van der Waals surface area contributed by atoms with Gasteiger partial charge in [0.05, 0.1) is 18.0 Å². The Morgan fingerprint density at radius 3 is 3.00 bits per heavy atom. The number of pyridine rings is 1. The van der Waals surface area contributed by atoms with Gasteiger partial charge in [-0.15, -0.1) is 0 Å². The number of H-pyrrole nitrogens is 1. The Bertz CT molecular complexity index is 372. The largest absolute Gasteiger partial charge is 0.469 e. The zero-order valence-corrected chi connectivity index (χ0v) is 8.55. The first-order chi connectivity index (χ1) is 6.15. The van der Waals surface area contributed by atoms with E-state index < -0.39 is 0 Å². The maximum atomic E-state index is 11.1. The van der Waals surface area contributed by atoms with Gasteiger partial charge in [-0.2, -0.15) is 0 Å². The predicted octanol–water partition coefficient (Wildman–Crippen LogP) is 0.853. The summed E-state index contributed by atoms with van der Waals surface area (Å²) in [6.07, 6.45) is 1.59. The molecule has 0 atom stereocenters. The third-order valence-electron chi connectivity index (χ3n) is 1.54. The fourth-order valence-corrected chi connectivity index (χ4v) is 1.25. The number of rotatable bonds is 2. The van der Waals surface area contributed by atoms with E-state index in [-0.39, 0.29) is 17.9 Å². The molecule has 4 nitrogen and oxygen atoms in total. The summed E-state index contributed by atoms with van der Waals surface area (Å²) in [5.74, 6) is -0.369. The number of hydrogen-bond donors (Lipinski definition) is 1. The van der Waals surface area contributed by atoms with Gasteiger partial charge in [-0.1, -0.05) is 0 Å². The topological polar surface area (TPSA) is 59.2 Å². The third kappa shape index (κ3) is 2.42. The first kappa shape index (κ1) is 9.98. The quantitative estimate of drug-likeness (QED) is 0.787. The molecule has 0 saturated carbocycles. The van der Waals surface area contributed by atoms with Crippen molar-refractivity contribution >= 4 is 21.9 Å². The third-order valence-corrected chi connectivity index (χ3v) is 2.41. The summed E-state index contributed by atoms with van der Waals surface area (Å²) in [5, 5.41) is 0. The van der Waals surface area contributed by atoms with E-state index in [9.17, 15) is 9.59 Å². The summed E-state index contributed by atoms with van der Waals surface area (Å²) in [5.41, 5.74) is 0.372. The van der Waals surface area contributed by atoms with Crippen LogP contribution in [0.1, 0.15) is 5.56 Å². The standard InChI is InChI=1S/C8H8BrNO3/c1-13-6(11)4-5-2-3-10-8(12)7(5)9/h2-3H,4H2,1H3,(H,10,12). The van der Waals surface area contributed by atoms with Crippen molar-refractivity contribution < 1.29 is 9.53 Å². The monoisotopic (exact) mass is 245 g/mol. The van der Waals surface area contributed by atoms with Gasteiger partial charge in [0.15, 0.2) is 0 Å².